The first-order chi connectivity index (χ1) is 14.0. The van der Waals surface area contributed by atoms with Crippen molar-refractivity contribution in [1.29, 1.82) is 0 Å². The van der Waals surface area contributed by atoms with E-state index in [1.165, 1.54) is 30.3 Å². The molecule has 156 valence electrons. The van der Waals surface area contributed by atoms with Crippen molar-refractivity contribution in [2.45, 2.75) is 33.3 Å². The molecule has 0 spiro atoms. The summed E-state index contributed by atoms with van der Waals surface area (Å²) in [5, 5.41) is 10.9. The number of nitro benzene ring substituents is 1. The average Bonchev–Trinajstić information content (AvgIpc) is 2.95. The van der Waals surface area contributed by atoms with Crippen LogP contribution in [0.3, 0.4) is 0 Å². The molecule has 2 aromatic carbocycles. The van der Waals surface area contributed by atoms with E-state index < -0.39 is 16.5 Å². The van der Waals surface area contributed by atoms with Gasteiger partial charge in [0.15, 0.2) is 12.4 Å². The van der Waals surface area contributed by atoms with E-state index in [2.05, 4.69) is 0 Å². The Hall–Kier alpha value is -3.68. The molecule has 8 nitrogen and oxygen atoms in total. The molecule has 0 atom stereocenters. The summed E-state index contributed by atoms with van der Waals surface area (Å²) < 4.78 is 16.4. The lowest BCUT2D eigenvalue weighted by atomic mass is 10.0. The van der Waals surface area contributed by atoms with Crippen LogP contribution in [0.1, 0.15) is 42.3 Å². The molecule has 0 amide bonds. The summed E-state index contributed by atoms with van der Waals surface area (Å²) in [6.07, 6.45) is 1.45. The van der Waals surface area contributed by atoms with E-state index in [4.69, 9.17) is 14.2 Å². The molecule has 0 saturated heterocycles. The topological polar surface area (TPSA) is 105 Å². The highest BCUT2D eigenvalue weighted by Gasteiger charge is 2.30. The van der Waals surface area contributed by atoms with Crippen LogP contribution in [0.4, 0.5) is 5.69 Å². The van der Waals surface area contributed by atoms with E-state index in [1.54, 1.807) is 39.8 Å². The van der Waals surface area contributed by atoms with E-state index in [1.807, 2.05) is 0 Å². The molecule has 3 rings (SSSR count). The number of ether oxygens (including phenoxy) is 3. The van der Waals surface area contributed by atoms with E-state index in [-0.39, 0.29) is 23.8 Å². The molecule has 0 aromatic heterocycles. The molecule has 0 radical (unpaired) electrons. The van der Waals surface area contributed by atoms with Crippen LogP contribution < -0.4 is 9.47 Å². The molecule has 0 fully saturated rings. The number of non-ortho nitro benzene ring substituents is 1. The van der Waals surface area contributed by atoms with Crippen LogP contribution >= 0.6 is 0 Å². The Morgan fingerprint density at radius 3 is 2.63 bits per heavy atom. The van der Waals surface area contributed by atoms with Crippen molar-refractivity contribution in [2.24, 2.45) is 0 Å². The van der Waals surface area contributed by atoms with Gasteiger partial charge in [0.05, 0.1) is 10.5 Å². The van der Waals surface area contributed by atoms with Crippen molar-refractivity contribution >= 4 is 23.5 Å². The number of nitro groups is 1. The molecule has 1 aliphatic heterocycles. The van der Waals surface area contributed by atoms with Crippen LogP contribution in [0.25, 0.3) is 6.08 Å². The fourth-order valence-electron chi connectivity index (χ4n) is 2.95. The molecule has 2 aromatic rings. The lowest BCUT2D eigenvalue weighted by Crippen LogP contribution is -2.27. The quantitative estimate of drug-likeness (QED) is 0.314. The Morgan fingerprint density at radius 1 is 1.23 bits per heavy atom. The summed E-state index contributed by atoms with van der Waals surface area (Å²) in [5.41, 5.74) is 0.784. The van der Waals surface area contributed by atoms with Crippen molar-refractivity contribution in [3.63, 3.8) is 0 Å². The standard InChI is InChI=1S/C22H21NO7/c1-13-8-16(28-12-19(24)30-22(2,3)4)11-17-20(13)21(25)18(29-17)10-14-6-5-7-15(9-14)23(26)27/h5-11H,12H2,1-4H3/b18-10-. The van der Waals surface area contributed by atoms with E-state index in [0.29, 0.717) is 28.2 Å². The molecule has 1 aliphatic rings. The predicted molar refractivity (Wildman–Crippen MR) is 109 cm³/mol. The second kappa shape index (κ2) is 7.98. The third kappa shape index (κ3) is 4.83. The SMILES string of the molecule is Cc1cc(OCC(=O)OC(C)(C)C)cc2c1C(=O)/C(=C/c1cccc([N+](=O)[O-])c1)O2. The first-order valence-electron chi connectivity index (χ1n) is 9.21. The van der Waals surface area contributed by atoms with Crippen molar-refractivity contribution in [1.82, 2.24) is 0 Å². The summed E-state index contributed by atoms with van der Waals surface area (Å²) in [6, 6.07) is 9.06. The normalized spacial score (nSPS) is 14.3. The van der Waals surface area contributed by atoms with Gasteiger partial charge < -0.3 is 14.2 Å². The number of nitrogens with zero attached hydrogens (tertiary/aromatic N) is 1. The fraction of sp³-hybridized carbons (Fsp3) is 0.273. The molecule has 1 heterocycles. The molecule has 8 heteroatoms. The van der Waals surface area contributed by atoms with Crippen LogP contribution in [-0.4, -0.2) is 28.9 Å². The monoisotopic (exact) mass is 411 g/mol. The summed E-state index contributed by atoms with van der Waals surface area (Å²) in [6.45, 7) is 6.74. The van der Waals surface area contributed by atoms with Gasteiger partial charge >= 0.3 is 5.97 Å². The van der Waals surface area contributed by atoms with Gasteiger partial charge in [-0.05, 0) is 51.0 Å². The minimum absolute atomic E-state index is 0.0536. The Bertz CT molecular complexity index is 1060. The number of esters is 1. The van der Waals surface area contributed by atoms with Gasteiger partial charge in [0.1, 0.15) is 17.1 Å². The highest BCUT2D eigenvalue weighted by Crippen LogP contribution is 2.37. The molecule has 30 heavy (non-hydrogen) atoms. The van der Waals surface area contributed by atoms with Gasteiger partial charge in [-0.2, -0.15) is 0 Å². The summed E-state index contributed by atoms with van der Waals surface area (Å²) in [4.78, 5) is 35.0. The number of hydrogen-bond donors (Lipinski definition) is 0. The second-order valence-corrected chi connectivity index (χ2v) is 7.78. The number of hydrogen-bond acceptors (Lipinski definition) is 7. The van der Waals surface area contributed by atoms with Crippen LogP contribution in [0.2, 0.25) is 0 Å². The summed E-state index contributed by atoms with van der Waals surface area (Å²) in [5.74, 6) is -0.119. The molecule has 0 N–H and O–H groups in total. The van der Waals surface area contributed by atoms with Crippen LogP contribution in [0.15, 0.2) is 42.2 Å². The lowest BCUT2D eigenvalue weighted by Gasteiger charge is -2.19. The summed E-state index contributed by atoms with van der Waals surface area (Å²) in [7, 11) is 0. The molecule has 0 saturated carbocycles. The maximum atomic E-state index is 12.7. The maximum absolute atomic E-state index is 12.7. The zero-order valence-electron chi connectivity index (χ0n) is 17.1. The second-order valence-electron chi connectivity index (χ2n) is 7.78. The van der Waals surface area contributed by atoms with Crippen LogP contribution in [0.5, 0.6) is 11.5 Å². The van der Waals surface area contributed by atoms with Gasteiger partial charge in [-0.3, -0.25) is 14.9 Å². The number of allylic oxidation sites excluding steroid dienone is 1. The highest BCUT2D eigenvalue weighted by atomic mass is 16.6. The molecule has 0 aliphatic carbocycles. The van der Waals surface area contributed by atoms with Gasteiger partial charge in [-0.1, -0.05) is 12.1 Å². The summed E-state index contributed by atoms with van der Waals surface area (Å²) >= 11 is 0. The van der Waals surface area contributed by atoms with Crippen LogP contribution in [-0.2, 0) is 9.53 Å². The third-order valence-corrected chi connectivity index (χ3v) is 4.10. The van der Waals surface area contributed by atoms with E-state index >= 15 is 0 Å². The molecule has 0 bridgehead atoms. The molecular weight excluding hydrogens is 390 g/mol. The molecule has 0 unspecified atom stereocenters. The van der Waals surface area contributed by atoms with Crippen molar-refractivity contribution < 1.29 is 28.7 Å². The van der Waals surface area contributed by atoms with E-state index in [9.17, 15) is 19.7 Å². The number of fused-ring (bicyclic) bond motifs is 1. The minimum atomic E-state index is -0.615. The predicted octanol–water partition coefficient (Wildman–Crippen LogP) is 4.24. The van der Waals surface area contributed by atoms with E-state index in [0.717, 1.165) is 0 Å². The maximum Gasteiger partial charge on any atom is 0.344 e. The average molecular weight is 411 g/mol. The van der Waals surface area contributed by atoms with Gasteiger partial charge in [-0.15, -0.1) is 0 Å². The van der Waals surface area contributed by atoms with Crippen molar-refractivity contribution in [3.05, 3.63) is 69.0 Å². The smallest absolute Gasteiger partial charge is 0.344 e. The first kappa shape index (κ1) is 21.0. The van der Waals surface area contributed by atoms with Crippen molar-refractivity contribution in [3.8, 4) is 11.5 Å². The first-order valence-corrected chi connectivity index (χ1v) is 9.21. The number of carbonyl (C=O) groups excluding carboxylic acids is 2. The Labute approximate surface area is 173 Å². The third-order valence-electron chi connectivity index (χ3n) is 4.10. The Morgan fingerprint density at radius 2 is 1.97 bits per heavy atom. The number of aryl methyl sites for hydroxylation is 1. The van der Waals surface area contributed by atoms with Crippen LogP contribution in [0, 0.1) is 17.0 Å². The molecular formula is C22H21NO7. The number of Topliss-reactive ketones (excluding diaryl/α,β-unsaturated/α-hetero) is 1. The zero-order valence-corrected chi connectivity index (χ0v) is 17.1. The van der Waals surface area contributed by atoms with Gasteiger partial charge in [-0.25, -0.2) is 4.79 Å². The number of rotatable bonds is 5. The van der Waals surface area contributed by atoms with Gasteiger partial charge in [0.2, 0.25) is 5.78 Å². The highest BCUT2D eigenvalue weighted by molar-refractivity contribution is 6.15. The minimum Gasteiger partial charge on any atom is -0.482 e. The number of ketones is 1. The Balaban J connectivity index is 1.79. The van der Waals surface area contributed by atoms with Crippen molar-refractivity contribution in [2.75, 3.05) is 6.61 Å². The van der Waals surface area contributed by atoms with Gasteiger partial charge in [0.25, 0.3) is 5.69 Å². The van der Waals surface area contributed by atoms with Gasteiger partial charge in [0, 0.05) is 18.2 Å². The largest absolute Gasteiger partial charge is 0.482 e. The Kier molecular flexibility index (Phi) is 5.60. The number of carbonyl (C=O) groups is 2. The zero-order chi connectivity index (χ0) is 22.1. The lowest BCUT2D eigenvalue weighted by molar-refractivity contribution is -0.384. The number of benzene rings is 2. The fourth-order valence-corrected chi connectivity index (χ4v) is 2.95.